The molecule has 29 heavy (non-hydrogen) atoms. The van der Waals surface area contributed by atoms with Gasteiger partial charge in [0.05, 0.1) is 17.2 Å². The van der Waals surface area contributed by atoms with Gasteiger partial charge >= 0.3 is 0 Å². The fourth-order valence-electron chi connectivity index (χ4n) is 3.70. The standard InChI is InChI=1S/C23H21N5O/c29-23(18-7-9-19(10-8-18)26-11-3-4-12-26)28-15-13-27(14-16-28)22-17-24-20-5-1-2-6-21(20)25-22/h1-12,17H,13-16H2. The van der Waals surface area contributed by atoms with Crippen LogP contribution >= 0.6 is 0 Å². The van der Waals surface area contributed by atoms with Gasteiger partial charge in [0.1, 0.15) is 5.82 Å². The first-order chi connectivity index (χ1) is 14.3. The number of hydrogen-bond acceptors (Lipinski definition) is 4. The van der Waals surface area contributed by atoms with Crippen LogP contribution in [0.15, 0.2) is 79.3 Å². The molecule has 0 saturated carbocycles. The second-order valence-corrected chi connectivity index (χ2v) is 7.13. The molecule has 0 bridgehead atoms. The van der Waals surface area contributed by atoms with Crippen LogP contribution < -0.4 is 4.90 Å². The highest BCUT2D eigenvalue weighted by atomic mass is 16.2. The van der Waals surface area contributed by atoms with Crippen LogP contribution in [0.25, 0.3) is 16.7 Å². The summed E-state index contributed by atoms with van der Waals surface area (Å²) in [5.74, 6) is 0.945. The maximum Gasteiger partial charge on any atom is 0.253 e. The van der Waals surface area contributed by atoms with E-state index in [4.69, 9.17) is 4.98 Å². The lowest BCUT2D eigenvalue weighted by atomic mass is 10.1. The van der Waals surface area contributed by atoms with E-state index in [0.29, 0.717) is 13.1 Å². The highest BCUT2D eigenvalue weighted by Crippen LogP contribution is 2.18. The summed E-state index contributed by atoms with van der Waals surface area (Å²) in [5.41, 5.74) is 3.56. The topological polar surface area (TPSA) is 54.3 Å². The summed E-state index contributed by atoms with van der Waals surface area (Å²) in [7, 11) is 0. The van der Waals surface area contributed by atoms with Crippen LogP contribution in [-0.4, -0.2) is 51.5 Å². The molecule has 0 unspecified atom stereocenters. The average molecular weight is 383 g/mol. The van der Waals surface area contributed by atoms with Gasteiger partial charge in [0.15, 0.2) is 0 Å². The zero-order valence-corrected chi connectivity index (χ0v) is 16.0. The largest absolute Gasteiger partial charge is 0.352 e. The van der Waals surface area contributed by atoms with Crippen molar-refractivity contribution in [1.82, 2.24) is 19.4 Å². The molecular weight excluding hydrogens is 362 g/mol. The lowest BCUT2D eigenvalue weighted by Gasteiger charge is -2.35. The molecule has 3 heterocycles. The van der Waals surface area contributed by atoms with Crippen molar-refractivity contribution in [2.75, 3.05) is 31.1 Å². The van der Waals surface area contributed by atoms with Gasteiger partial charge in [-0.05, 0) is 48.5 Å². The highest BCUT2D eigenvalue weighted by Gasteiger charge is 2.23. The molecule has 0 aliphatic carbocycles. The van der Waals surface area contributed by atoms with Crippen LogP contribution in [0.3, 0.4) is 0 Å². The van der Waals surface area contributed by atoms with Crippen LogP contribution in [-0.2, 0) is 0 Å². The summed E-state index contributed by atoms with van der Waals surface area (Å²) in [6, 6.07) is 19.6. The summed E-state index contributed by atoms with van der Waals surface area (Å²) in [5, 5.41) is 0. The van der Waals surface area contributed by atoms with Crippen LogP contribution in [0.5, 0.6) is 0 Å². The predicted octanol–water partition coefficient (Wildman–Crippen LogP) is 3.38. The van der Waals surface area contributed by atoms with E-state index < -0.39 is 0 Å². The number of fused-ring (bicyclic) bond motifs is 1. The third-order valence-electron chi connectivity index (χ3n) is 5.34. The number of amides is 1. The van der Waals surface area contributed by atoms with E-state index in [1.54, 1.807) is 0 Å². The third kappa shape index (κ3) is 3.45. The Balaban J connectivity index is 1.25. The molecule has 144 valence electrons. The molecule has 1 fully saturated rings. The second-order valence-electron chi connectivity index (χ2n) is 7.13. The molecule has 4 aromatic rings. The van der Waals surface area contributed by atoms with Crippen molar-refractivity contribution in [3.63, 3.8) is 0 Å². The van der Waals surface area contributed by atoms with E-state index in [2.05, 4.69) is 9.88 Å². The van der Waals surface area contributed by atoms with Gasteiger partial charge in [-0.2, -0.15) is 0 Å². The number of benzene rings is 2. The number of hydrogen-bond donors (Lipinski definition) is 0. The van der Waals surface area contributed by atoms with Crippen LogP contribution in [0.1, 0.15) is 10.4 Å². The molecule has 0 atom stereocenters. The number of rotatable bonds is 3. The number of carbonyl (C=O) groups excluding carboxylic acids is 1. The number of anilines is 1. The molecule has 0 N–H and O–H groups in total. The average Bonchev–Trinajstić information content (AvgIpc) is 3.33. The minimum absolute atomic E-state index is 0.0771. The Kier molecular flexibility index (Phi) is 4.44. The number of para-hydroxylation sites is 2. The van der Waals surface area contributed by atoms with Crippen molar-refractivity contribution in [2.45, 2.75) is 0 Å². The first-order valence-corrected chi connectivity index (χ1v) is 9.77. The highest BCUT2D eigenvalue weighted by molar-refractivity contribution is 5.94. The molecule has 1 amide bonds. The van der Waals surface area contributed by atoms with Gasteiger partial charge in [0.2, 0.25) is 0 Å². The summed E-state index contributed by atoms with van der Waals surface area (Å²) in [6.45, 7) is 2.85. The molecule has 0 radical (unpaired) electrons. The van der Waals surface area contributed by atoms with E-state index in [9.17, 15) is 4.79 Å². The maximum absolute atomic E-state index is 12.9. The quantitative estimate of drug-likeness (QED) is 0.544. The van der Waals surface area contributed by atoms with E-state index in [-0.39, 0.29) is 5.91 Å². The smallest absolute Gasteiger partial charge is 0.253 e. The van der Waals surface area contributed by atoms with Crippen molar-refractivity contribution in [2.24, 2.45) is 0 Å². The van der Waals surface area contributed by atoms with E-state index in [1.807, 2.05) is 88.7 Å². The molecular formula is C23H21N5O. The lowest BCUT2D eigenvalue weighted by molar-refractivity contribution is 0.0746. The number of aromatic nitrogens is 3. The van der Waals surface area contributed by atoms with Crippen LogP contribution in [0, 0.1) is 0 Å². The number of piperazine rings is 1. The number of carbonyl (C=O) groups is 1. The van der Waals surface area contributed by atoms with Gasteiger partial charge in [-0.15, -0.1) is 0 Å². The Morgan fingerprint density at radius 2 is 1.48 bits per heavy atom. The molecule has 2 aromatic carbocycles. The van der Waals surface area contributed by atoms with Crippen molar-refractivity contribution in [3.05, 3.63) is 84.8 Å². The fourth-order valence-corrected chi connectivity index (χ4v) is 3.70. The zero-order chi connectivity index (χ0) is 19.6. The Morgan fingerprint density at radius 3 is 2.21 bits per heavy atom. The fraction of sp³-hybridized carbons (Fsp3) is 0.174. The summed E-state index contributed by atoms with van der Waals surface area (Å²) < 4.78 is 2.03. The number of nitrogens with zero attached hydrogens (tertiary/aromatic N) is 5. The van der Waals surface area contributed by atoms with Crippen molar-refractivity contribution in [1.29, 1.82) is 0 Å². The Morgan fingerprint density at radius 1 is 0.793 bits per heavy atom. The minimum atomic E-state index is 0.0771. The molecule has 1 aliphatic heterocycles. The van der Waals surface area contributed by atoms with E-state index in [0.717, 1.165) is 41.2 Å². The third-order valence-corrected chi connectivity index (χ3v) is 5.34. The summed E-state index contributed by atoms with van der Waals surface area (Å²) in [6.07, 6.45) is 5.80. The first kappa shape index (κ1) is 17.4. The second kappa shape index (κ2) is 7.39. The molecule has 6 nitrogen and oxygen atoms in total. The summed E-state index contributed by atoms with van der Waals surface area (Å²) >= 11 is 0. The van der Waals surface area contributed by atoms with Gasteiger partial charge < -0.3 is 14.4 Å². The predicted molar refractivity (Wildman–Crippen MR) is 113 cm³/mol. The zero-order valence-electron chi connectivity index (χ0n) is 16.0. The SMILES string of the molecule is O=C(c1ccc(-n2cccc2)cc1)N1CCN(c2cnc3ccccc3n2)CC1. The van der Waals surface area contributed by atoms with Crippen LogP contribution in [0.4, 0.5) is 5.82 Å². The van der Waals surface area contributed by atoms with Gasteiger partial charge in [0.25, 0.3) is 5.91 Å². The lowest BCUT2D eigenvalue weighted by Crippen LogP contribution is -2.49. The first-order valence-electron chi connectivity index (χ1n) is 9.77. The van der Waals surface area contributed by atoms with E-state index >= 15 is 0 Å². The van der Waals surface area contributed by atoms with Crippen molar-refractivity contribution in [3.8, 4) is 5.69 Å². The van der Waals surface area contributed by atoms with Gasteiger partial charge in [-0.3, -0.25) is 9.78 Å². The van der Waals surface area contributed by atoms with Gasteiger partial charge in [-0.1, -0.05) is 12.1 Å². The molecule has 6 heteroatoms. The normalized spacial score (nSPS) is 14.3. The van der Waals surface area contributed by atoms with Crippen molar-refractivity contribution >= 4 is 22.8 Å². The Bertz CT molecular complexity index is 1130. The monoisotopic (exact) mass is 383 g/mol. The van der Waals surface area contributed by atoms with E-state index in [1.165, 1.54) is 0 Å². The minimum Gasteiger partial charge on any atom is -0.352 e. The maximum atomic E-state index is 12.9. The molecule has 1 saturated heterocycles. The Hall–Kier alpha value is -3.67. The molecule has 2 aromatic heterocycles. The van der Waals surface area contributed by atoms with Crippen LogP contribution in [0.2, 0.25) is 0 Å². The summed E-state index contributed by atoms with van der Waals surface area (Å²) in [4.78, 5) is 26.2. The van der Waals surface area contributed by atoms with Gasteiger partial charge in [-0.25, -0.2) is 4.98 Å². The molecule has 0 spiro atoms. The molecule has 1 aliphatic rings. The molecule has 5 rings (SSSR count). The van der Waals surface area contributed by atoms with Gasteiger partial charge in [0, 0.05) is 49.8 Å². The van der Waals surface area contributed by atoms with Crippen molar-refractivity contribution < 1.29 is 4.79 Å². The Labute approximate surface area is 169 Å².